The van der Waals surface area contributed by atoms with Gasteiger partial charge in [0, 0.05) is 5.56 Å². The van der Waals surface area contributed by atoms with Crippen molar-refractivity contribution in [1.29, 1.82) is 0 Å². The number of hydrogen-bond donors (Lipinski definition) is 0. The number of nitrogens with zero attached hydrogens (tertiary/aromatic N) is 2. The van der Waals surface area contributed by atoms with Crippen LogP contribution in [0, 0.1) is 13.8 Å². The zero-order valence-electron chi connectivity index (χ0n) is 12.9. The molecular formula is C18H16N2O3. The maximum atomic E-state index is 11.0. The van der Waals surface area contributed by atoms with Crippen LogP contribution in [-0.4, -0.2) is 16.4 Å². The van der Waals surface area contributed by atoms with Crippen LogP contribution in [0.4, 0.5) is 0 Å². The first-order chi connectivity index (χ1) is 11.2. The Kier molecular flexibility index (Phi) is 4.19. The summed E-state index contributed by atoms with van der Waals surface area (Å²) in [6, 6.07) is 13.1. The standard InChI is InChI=1S/C18H16N2O3/c1-12-7-8-15(13(2)9-12)18-19-17(23-20-18)11-22-16-6-4-3-5-14(16)10-21/h3-10H,11H2,1-2H3. The summed E-state index contributed by atoms with van der Waals surface area (Å²) in [6.07, 6.45) is 0.754. The van der Waals surface area contributed by atoms with Crippen molar-refractivity contribution in [3.8, 4) is 17.1 Å². The Bertz CT molecular complexity index is 840. The molecule has 0 fully saturated rings. The van der Waals surface area contributed by atoms with Gasteiger partial charge in [-0.05, 0) is 31.5 Å². The van der Waals surface area contributed by atoms with Crippen LogP contribution in [0.5, 0.6) is 5.75 Å². The van der Waals surface area contributed by atoms with Crippen LogP contribution >= 0.6 is 0 Å². The first kappa shape index (κ1) is 15.0. The summed E-state index contributed by atoms with van der Waals surface area (Å²) < 4.78 is 10.8. The molecule has 116 valence electrons. The molecule has 1 aromatic heterocycles. The van der Waals surface area contributed by atoms with Crippen molar-refractivity contribution in [2.45, 2.75) is 20.5 Å². The third-order valence-electron chi connectivity index (χ3n) is 3.49. The second kappa shape index (κ2) is 6.44. The second-order valence-corrected chi connectivity index (χ2v) is 5.27. The molecule has 0 amide bonds. The molecule has 0 saturated carbocycles. The number of hydrogen-bond acceptors (Lipinski definition) is 5. The number of aromatic nitrogens is 2. The lowest BCUT2D eigenvalue weighted by Gasteiger charge is -2.04. The molecule has 0 radical (unpaired) electrons. The summed E-state index contributed by atoms with van der Waals surface area (Å²) in [5, 5.41) is 4.00. The van der Waals surface area contributed by atoms with Crippen LogP contribution in [0.3, 0.4) is 0 Å². The van der Waals surface area contributed by atoms with E-state index in [-0.39, 0.29) is 6.61 Å². The summed E-state index contributed by atoms with van der Waals surface area (Å²) >= 11 is 0. The van der Waals surface area contributed by atoms with Gasteiger partial charge in [0.15, 0.2) is 12.9 Å². The lowest BCUT2D eigenvalue weighted by molar-refractivity contribution is 0.111. The Hall–Kier alpha value is -2.95. The number of aldehydes is 1. The number of benzene rings is 2. The summed E-state index contributed by atoms with van der Waals surface area (Å²) in [4.78, 5) is 15.3. The molecule has 5 nitrogen and oxygen atoms in total. The van der Waals surface area contributed by atoms with E-state index in [9.17, 15) is 4.79 Å². The Balaban J connectivity index is 1.76. The van der Waals surface area contributed by atoms with E-state index in [2.05, 4.69) is 16.2 Å². The number of rotatable bonds is 5. The van der Waals surface area contributed by atoms with E-state index >= 15 is 0 Å². The summed E-state index contributed by atoms with van der Waals surface area (Å²) in [6.45, 7) is 4.16. The minimum atomic E-state index is 0.114. The number of para-hydroxylation sites is 1. The monoisotopic (exact) mass is 308 g/mol. The van der Waals surface area contributed by atoms with E-state index in [0.29, 0.717) is 23.0 Å². The van der Waals surface area contributed by atoms with Crippen LogP contribution in [-0.2, 0) is 6.61 Å². The number of carbonyl (C=O) groups is 1. The zero-order chi connectivity index (χ0) is 16.2. The molecule has 3 aromatic rings. The molecule has 0 N–H and O–H groups in total. The van der Waals surface area contributed by atoms with E-state index in [1.807, 2.05) is 26.0 Å². The second-order valence-electron chi connectivity index (χ2n) is 5.27. The van der Waals surface area contributed by atoms with Crippen LogP contribution in [0.25, 0.3) is 11.4 Å². The maximum absolute atomic E-state index is 11.0. The predicted molar refractivity (Wildman–Crippen MR) is 85.4 cm³/mol. The van der Waals surface area contributed by atoms with E-state index in [1.54, 1.807) is 24.3 Å². The van der Waals surface area contributed by atoms with Gasteiger partial charge in [-0.2, -0.15) is 4.98 Å². The van der Waals surface area contributed by atoms with Crippen LogP contribution in [0.2, 0.25) is 0 Å². The average Bonchev–Trinajstić information content (AvgIpc) is 3.02. The van der Waals surface area contributed by atoms with Gasteiger partial charge < -0.3 is 9.26 Å². The average molecular weight is 308 g/mol. The van der Waals surface area contributed by atoms with Gasteiger partial charge >= 0.3 is 0 Å². The van der Waals surface area contributed by atoms with Gasteiger partial charge in [-0.25, -0.2) is 0 Å². The van der Waals surface area contributed by atoms with Gasteiger partial charge in [0.25, 0.3) is 5.89 Å². The number of carbonyl (C=O) groups excluding carboxylic acids is 1. The fraction of sp³-hybridized carbons (Fsp3) is 0.167. The van der Waals surface area contributed by atoms with Gasteiger partial charge in [-0.3, -0.25) is 4.79 Å². The fourth-order valence-corrected chi connectivity index (χ4v) is 2.34. The van der Waals surface area contributed by atoms with Crippen molar-refractivity contribution in [1.82, 2.24) is 10.1 Å². The highest BCUT2D eigenvalue weighted by atomic mass is 16.5. The number of ether oxygens (including phenoxy) is 1. The summed E-state index contributed by atoms with van der Waals surface area (Å²) in [5.41, 5.74) is 3.69. The molecule has 2 aromatic carbocycles. The highest BCUT2D eigenvalue weighted by Crippen LogP contribution is 2.22. The molecule has 0 aliphatic rings. The maximum Gasteiger partial charge on any atom is 0.264 e. The molecule has 23 heavy (non-hydrogen) atoms. The molecule has 5 heteroatoms. The minimum Gasteiger partial charge on any atom is -0.483 e. The lowest BCUT2D eigenvalue weighted by Crippen LogP contribution is -1.98. The molecular weight excluding hydrogens is 292 g/mol. The smallest absolute Gasteiger partial charge is 0.264 e. The summed E-state index contributed by atoms with van der Waals surface area (Å²) in [5.74, 6) is 1.39. The van der Waals surface area contributed by atoms with Crippen molar-refractivity contribution in [3.05, 3.63) is 65.0 Å². The SMILES string of the molecule is Cc1ccc(-c2noc(COc3ccccc3C=O)n2)c(C)c1. The molecule has 0 aliphatic carbocycles. The summed E-state index contributed by atoms with van der Waals surface area (Å²) in [7, 11) is 0. The van der Waals surface area contributed by atoms with Gasteiger partial charge in [0.2, 0.25) is 5.82 Å². The van der Waals surface area contributed by atoms with Gasteiger partial charge in [0.1, 0.15) is 5.75 Å². The van der Waals surface area contributed by atoms with Crippen molar-refractivity contribution >= 4 is 6.29 Å². The highest BCUT2D eigenvalue weighted by Gasteiger charge is 2.12. The first-order valence-electron chi connectivity index (χ1n) is 7.24. The molecule has 1 heterocycles. The van der Waals surface area contributed by atoms with Gasteiger partial charge in [-0.15, -0.1) is 0 Å². The molecule has 0 unspecified atom stereocenters. The van der Waals surface area contributed by atoms with Crippen LogP contribution in [0.15, 0.2) is 47.0 Å². The molecule has 0 aliphatic heterocycles. The Morgan fingerprint density at radius 1 is 1.17 bits per heavy atom. The molecule has 0 saturated heterocycles. The molecule has 0 bridgehead atoms. The third kappa shape index (κ3) is 3.29. The van der Waals surface area contributed by atoms with Crippen molar-refractivity contribution in [2.24, 2.45) is 0 Å². The lowest BCUT2D eigenvalue weighted by atomic mass is 10.1. The minimum absolute atomic E-state index is 0.114. The highest BCUT2D eigenvalue weighted by molar-refractivity contribution is 5.79. The van der Waals surface area contributed by atoms with Crippen molar-refractivity contribution in [2.75, 3.05) is 0 Å². The fourth-order valence-electron chi connectivity index (χ4n) is 2.34. The normalized spacial score (nSPS) is 10.5. The topological polar surface area (TPSA) is 65.2 Å². The Labute approximate surface area is 133 Å². The Morgan fingerprint density at radius 2 is 2.00 bits per heavy atom. The predicted octanol–water partition coefficient (Wildman–Crippen LogP) is 3.74. The molecule has 0 spiro atoms. The largest absolute Gasteiger partial charge is 0.483 e. The quantitative estimate of drug-likeness (QED) is 0.672. The molecule has 3 rings (SSSR count). The van der Waals surface area contributed by atoms with Crippen molar-refractivity contribution in [3.63, 3.8) is 0 Å². The first-order valence-corrected chi connectivity index (χ1v) is 7.24. The van der Waals surface area contributed by atoms with E-state index in [1.165, 1.54) is 5.56 Å². The van der Waals surface area contributed by atoms with E-state index in [0.717, 1.165) is 17.4 Å². The van der Waals surface area contributed by atoms with Crippen molar-refractivity contribution < 1.29 is 14.1 Å². The Morgan fingerprint density at radius 3 is 2.78 bits per heavy atom. The molecule has 0 atom stereocenters. The van der Waals surface area contributed by atoms with Crippen LogP contribution < -0.4 is 4.74 Å². The zero-order valence-corrected chi connectivity index (χ0v) is 12.9. The van der Waals surface area contributed by atoms with Gasteiger partial charge in [0.05, 0.1) is 5.56 Å². The van der Waals surface area contributed by atoms with Gasteiger partial charge in [-0.1, -0.05) is 41.1 Å². The number of aryl methyl sites for hydroxylation is 2. The third-order valence-corrected chi connectivity index (χ3v) is 3.49. The van der Waals surface area contributed by atoms with E-state index < -0.39 is 0 Å². The van der Waals surface area contributed by atoms with E-state index in [4.69, 9.17) is 9.26 Å². The van der Waals surface area contributed by atoms with Crippen LogP contribution in [0.1, 0.15) is 27.4 Å².